The summed E-state index contributed by atoms with van der Waals surface area (Å²) in [5.41, 5.74) is -0.540. The summed E-state index contributed by atoms with van der Waals surface area (Å²) in [6.45, 7) is 0. The quantitative estimate of drug-likeness (QED) is 0.664. The maximum absolute atomic E-state index is 11.1. The number of carbonyl (C=O) groups is 1. The van der Waals surface area contributed by atoms with Gasteiger partial charge in [-0.2, -0.15) is 0 Å². The van der Waals surface area contributed by atoms with Crippen molar-refractivity contribution in [2.45, 2.75) is 0 Å². The number of aromatic nitrogens is 1. The molecule has 0 fully saturated rings. The van der Waals surface area contributed by atoms with Gasteiger partial charge in [-0.15, -0.1) is 0 Å². The molecule has 1 heterocycles. The third-order valence-electron chi connectivity index (χ3n) is 2.60. The van der Waals surface area contributed by atoms with E-state index in [0.717, 1.165) is 0 Å². The number of para-hydroxylation sites is 1. The summed E-state index contributed by atoms with van der Waals surface area (Å²) in [7, 11) is 1.29. The molecule has 0 spiro atoms. The Morgan fingerprint density at radius 3 is 2.62 bits per heavy atom. The number of nitrogens with zero attached hydrogens (tertiary/aromatic N) is 2. The standard InChI is InChI=1S/C13H10N2O6/c1-20-9-3-2-4-10(12(9)15(18)19)21-11-7-14-6-5-8(11)13(16)17/h2-7H,1H3,(H,16,17). The molecule has 2 rings (SSSR count). The fourth-order valence-electron chi connectivity index (χ4n) is 1.69. The van der Waals surface area contributed by atoms with Gasteiger partial charge in [0.25, 0.3) is 0 Å². The van der Waals surface area contributed by atoms with E-state index in [0.29, 0.717) is 0 Å². The molecular weight excluding hydrogens is 280 g/mol. The molecule has 0 aliphatic carbocycles. The first-order chi connectivity index (χ1) is 10.0. The maximum atomic E-state index is 11.1. The number of hydrogen-bond donors (Lipinski definition) is 1. The van der Waals surface area contributed by atoms with Gasteiger partial charge in [0.1, 0.15) is 5.56 Å². The number of ether oxygens (including phenoxy) is 2. The molecular formula is C13H10N2O6. The summed E-state index contributed by atoms with van der Waals surface area (Å²) in [6, 6.07) is 5.49. The second-order valence-corrected chi connectivity index (χ2v) is 3.84. The van der Waals surface area contributed by atoms with Crippen molar-refractivity contribution in [1.29, 1.82) is 0 Å². The highest BCUT2D eigenvalue weighted by atomic mass is 16.6. The molecule has 0 saturated heterocycles. The lowest BCUT2D eigenvalue weighted by atomic mass is 10.2. The van der Waals surface area contributed by atoms with Crippen LogP contribution in [0.15, 0.2) is 36.7 Å². The Morgan fingerprint density at radius 1 is 1.29 bits per heavy atom. The molecule has 0 aliphatic heterocycles. The molecule has 0 aliphatic rings. The number of pyridine rings is 1. The Bertz CT molecular complexity index is 701. The molecule has 1 aromatic carbocycles. The van der Waals surface area contributed by atoms with E-state index < -0.39 is 10.9 Å². The maximum Gasteiger partial charge on any atom is 0.352 e. The first kappa shape index (κ1) is 14.3. The number of hydrogen-bond acceptors (Lipinski definition) is 6. The van der Waals surface area contributed by atoms with Gasteiger partial charge in [0, 0.05) is 6.20 Å². The number of aromatic carboxylic acids is 1. The number of methoxy groups -OCH3 is 1. The van der Waals surface area contributed by atoms with Crippen LogP contribution in [0.1, 0.15) is 10.4 Å². The Hall–Kier alpha value is -3.16. The fourth-order valence-corrected chi connectivity index (χ4v) is 1.69. The molecule has 0 radical (unpaired) electrons. The Kier molecular flexibility index (Phi) is 3.98. The Labute approximate surface area is 118 Å². The second kappa shape index (κ2) is 5.87. The number of rotatable bonds is 5. The van der Waals surface area contributed by atoms with E-state index in [-0.39, 0.29) is 28.5 Å². The van der Waals surface area contributed by atoms with Crippen LogP contribution < -0.4 is 9.47 Å². The van der Waals surface area contributed by atoms with E-state index in [9.17, 15) is 14.9 Å². The van der Waals surface area contributed by atoms with Crippen molar-refractivity contribution in [3.63, 3.8) is 0 Å². The lowest BCUT2D eigenvalue weighted by Crippen LogP contribution is -2.02. The molecule has 21 heavy (non-hydrogen) atoms. The molecule has 108 valence electrons. The van der Waals surface area contributed by atoms with Crippen LogP contribution in [-0.4, -0.2) is 28.1 Å². The van der Waals surface area contributed by atoms with E-state index in [1.807, 2.05) is 0 Å². The van der Waals surface area contributed by atoms with Crippen LogP contribution >= 0.6 is 0 Å². The van der Waals surface area contributed by atoms with Crippen molar-refractivity contribution in [1.82, 2.24) is 4.98 Å². The third-order valence-corrected chi connectivity index (χ3v) is 2.60. The van der Waals surface area contributed by atoms with Crippen LogP contribution in [0.2, 0.25) is 0 Å². The minimum Gasteiger partial charge on any atom is -0.490 e. The third kappa shape index (κ3) is 2.89. The fraction of sp³-hybridized carbons (Fsp3) is 0.0769. The first-order valence-corrected chi connectivity index (χ1v) is 5.71. The largest absolute Gasteiger partial charge is 0.490 e. The topological polar surface area (TPSA) is 112 Å². The van der Waals surface area contributed by atoms with Gasteiger partial charge in [0.15, 0.2) is 5.75 Å². The number of carboxylic acid groups (broad SMARTS) is 1. The number of nitro groups is 1. The van der Waals surface area contributed by atoms with Crippen molar-refractivity contribution in [3.05, 3.63) is 52.3 Å². The predicted octanol–water partition coefficient (Wildman–Crippen LogP) is 2.49. The van der Waals surface area contributed by atoms with Gasteiger partial charge in [-0.05, 0) is 18.2 Å². The van der Waals surface area contributed by atoms with Crippen molar-refractivity contribution < 1.29 is 24.3 Å². The van der Waals surface area contributed by atoms with Gasteiger partial charge in [-0.25, -0.2) is 4.79 Å². The molecule has 8 heteroatoms. The van der Waals surface area contributed by atoms with Crippen molar-refractivity contribution in [2.24, 2.45) is 0 Å². The zero-order chi connectivity index (χ0) is 15.4. The Balaban J connectivity index is 2.50. The van der Waals surface area contributed by atoms with Gasteiger partial charge in [0.2, 0.25) is 11.5 Å². The number of nitro benzene ring substituents is 1. The average molecular weight is 290 g/mol. The van der Waals surface area contributed by atoms with Crippen LogP contribution in [-0.2, 0) is 0 Å². The highest BCUT2D eigenvalue weighted by molar-refractivity contribution is 5.90. The predicted molar refractivity (Wildman–Crippen MR) is 70.9 cm³/mol. The summed E-state index contributed by atoms with van der Waals surface area (Å²) in [6.07, 6.45) is 2.46. The van der Waals surface area contributed by atoms with Crippen LogP contribution in [0.5, 0.6) is 17.2 Å². The van der Waals surface area contributed by atoms with E-state index >= 15 is 0 Å². The molecule has 0 bridgehead atoms. The second-order valence-electron chi connectivity index (χ2n) is 3.84. The van der Waals surface area contributed by atoms with E-state index in [1.165, 1.54) is 43.8 Å². The highest BCUT2D eigenvalue weighted by Crippen LogP contribution is 2.39. The summed E-state index contributed by atoms with van der Waals surface area (Å²) < 4.78 is 10.2. The molecule has 1 aromatic heterocycles. The molecule has 0 atom stereocenters. The molecule has 0 amide bonds. The Morgan fingerprint density at radius 2 is 2.00 bits per heavy atom. The summed E-state index contributed by atoms with van der Waals surface area (Å²) in [5.74, 6) is -1.44. The van der Waals surface area contributed by atoms with E-state index in [1.54, 1.807) is 0 Å². The molecule has 8 nitrogen and oxygen atoms in total. The molecule has 0 saturated carbocycles. The van der Waals surface area contributed by atoms with Gasteiger partial charge < -0.3 is 14.6 Å². The number of carboxylic acids is 1. The van der Waals surface area contributed by atoms with Crippen LogP contribution in [0.4, 0.5) is 5.69 Å². The van der Waals surface area contributed by atoms with Gasteiger partial charge in [0.05, 0.1) is 18.2 Å². The minimum atomic E-state index is -1.22. The smallest absolute Gasteiger partial charge is 0.352 e. The van der Waals surface area contributed by atoms with E-state index in [4.69, 9.17) is 14.6 Å². The van der Waals surface area contributed by atoms with Crippen molar-refractivity contribution in [3.8, 4) is 17.2 Å². The lowest BCUT2D eigenvalue weighted by molar-refractivity contribution is -0.386. The van der Waals surface area contributed by atoms with Gasteiger partial charge in [-0.1, -0.05) is 6.07 Å². The lowest BCUT2D eigenvalue weighted by Gasteiger charge is -2.10. The van der Waals surface area contributed by atoms with Crippen LogP contribution in [0, 0.1) is 10.1 Å². The van der Waals surface area contributed by atoms with Crippen molar-refractivity contribution >= 4 is 11.7 Å². The summed E-state index contributed by atoms with van der Waals surface area (Å²) in [5, 5.41) is 20.2. The molecule has 0 unspecified atom stereocenters. The summed E-state index contributed by atoms with van der Waals surface area (Å²) in [4.78, 5) is 25.3. The van der Waals surface area contributed by atoms with Gasteiger partial charge >= 0.3 is 11.7 Å². The monoisotopic (exact) mass is 290 g/mol. The van der Waals surface area contributed by atoms with Crippen LogP contribution in [0.3, 0.4) is 0 Å². The first-order valence-electron chi connectivity index (χ1n) is 5.71. The van der Waals surface area contributed by atoms with Crippen molar-refractivity contribution in [2.75, 3.05) is 7.11 Å². The van der Waals surface area contributed by atoms with Crippen LogP contribution in [0.25, 0.3) is 0 Å². The number of benzene rings is 1. The van der Waals surface area contributed by atoms with Gasteiger partial charge in [-0.3, -0.25) is 15.1 Å². The average Bonchev–Trinajstić information content (AvgIpc) is 2.47. The zero-order valence-corrected chi connectivity index (χ0v) is 10.8. The SMILES string of the molecule is COc1cccc(Oc2cnccc2C(=O)O)c1[N+](=O)[O-]. The summed E-state index contributed by atoms with van der Waals surface area (Å²) >= 11 is 0. The minimum absolute atomic E-state index is 0.0123. The zero-order valence-electron chi connectivity index (χ0n) is 10.8. The van der Waals surface area contributed by atoms with E-state index in [2.05, 4.69) is 4.98 Å². The normalized spacial score (nSPS) is 9.95. The molecule has 2 aromatic rings. The molecule has 1 N–H and O–H groups in total. The highest BCUT2D eigenvalue weighted by Gasteiger charge is 2.23.